The molecule has 0 aliphatic heterocycles. The molecule has 1 aromatic carbocycles. The van der Waals surface area contributed by atoms with Crippen molar-refractivity contribution < 1.29 is 13.5 Å². The van der Waals surface area contributed by atoms with Gasteiger partial charge in [0.25, 0.3) is 0 Å². The van der Waals surface area contributed by atoms with E-state index in [0.29, 0.717) is 5.56 Å². The van der Waals surface area contributed by atoms with Crippen molar-refractivity contribution >= 4 is 0 Å². The highest BCUT2D eigenvalue weighted by Gasteiger charge is 2.10. The molecule has 1 radical (unpaired) electrons. The fourth-order valence-electron chi connectivity index (χ4n) is 1.08. The van der Waals surface area contributed by atoms with Crippen LogP contribution in [0.5, 0.6) is 5.75 Å². The van der Waals surface area contributed by atoms with Gasteiger partial charge in [-0.3, -0.25) is 0 Å². The Hall–Kier alpha value is -1.12. The fourth-order valence-corrected chi connectivity index (χ4v) is 1.08. The van der Waals surface area contributed by atoms with Crippen LogP contribution in [0.15, 0.2) is 18.2 Å². The Morgan fingerprint density at radius 2 is 2.08 bits per heavy atom. The number of benzene rings is 1. The van der Waals surface area contributed by atoms with E-state index in [-0.39, 0.29) is 11.7 Å². The van der Waals surface area contributed by atoms with Gasteiger partial charge in [-0.1, -0.05) is 26.0 Å². The summed E-state index contributed by atoms with van der Waals surface area (Å²) >= 11 is 0. The molecule has 1 aromatic rings. The van der Waals surface area contributed by atoms with Crippen LogP contribution in [0.3, 0.4) is 0 Å². The zero-order chi connectivity index (χ0) is 9.84. The normalized spacial score (nSPS) is 10.9. The lowest BCUT2D eigenvalue weighted by Crippen LogP contribution is -2.05. The lowest BCUT2D eigenvalue weighted by Gasteiger charge is -2.11. The van der Waals surface area contributed by atoms with Crippen LogP contribution in [0, 0.1) is 6.07 Å². The van der Waals surface area contributed by atoms with E-state index < -0.39 is 6.61 Å². The Balaban J connectivity index is 2.91. The molecule has 0 atom stereocenters. The summed E-state index contributed by atoms with van der Waals surface area (Å²) in [6.45, 7) is 1.04. The van der Waals surface area contributed by atoms with Crippen LogP contribution in [-0.4, -0.2) is 6.61 Å². The molecule has 0 amide bonds. The minimum absolute atomic E-state index is 0.134. The van der Waals surface area contributed by atoms with Crippen molar-refractivity contribution in [3.8, 4) is 5.75 Å². The van der Waals surface area contributed by atoms with Crippen LogP contribution in [0.2, 0.25) is 0 Å². The number of rotatable bonds is 3. The zero-order valence-electron chi connectivity index (χ0n) is 7.55. The molecular weight excluding hydrogens is 174 g/mol. The van der Waals surface area contributed by atoms with Gasteiger partial charge in [-0.25, -0.2) is 0 Å². The number of ether oxygens (including phenoxy) is 1. The predicted octanol–water partition coefficient (Wildman–Crippen LogP) is 3.21. The third-order valence-electron chi connectivity index (χ3n) is 1.64. The molecule has 0 aliphatic carbocycles. The molecule has 0 fully saturated rings. The van der Waals surface area contributed by atoms with Gasteiger partial charge in [-0.15, -0.1) is 0 Å². The van der Waals surface area contributed by atoms with Crippen LogP contribution >= 0.6 is 0 Å². The third-order valence-corrected chi connectivity index (χ3v) is 1.64. The van der Waals surface area contributed by atoms with Crippen molar-refractivity contribution in [3.63, 3.8) is 0 Å². The third kappa shape index (κ3) is 2.68. The first-order valence-electron chi connectivity index (χ1n) is 4.06. The number of hydrogen-bond donors (Lipinski definition) is 0. The lowest BCUT2D eigenvalue weighted by atomic mass is 10.0. The molecule has 3 heteroatoms. The van der Waals surface area contributed by atoms with Crippen LogP contribution in [0.1, 0.15) is 25.3 Å². The first-order valence-corrected chi connectivity index (χ1v) is 4.06. The summed E-state index contributed by atoms with van der Waals surface area (Å²) in [6, 6.07) is 7.73. The SMILES string of the molecule is CC(C)c1[c]cccc1OC(F)F. The monoisotopic (exact) mass is 185 g/mol. The van der Waals surface area contributed by atoms with Gasteiger partial charge in [-0.05, 0) is 18.1 Å². The molecule has 0 spiro atoms. The molecule has 0 unspecified atom stereocenters. The summed E-state index contributed by atoms with van der Waals surface area (Å²) in [7, 11) is 0. The first-order chi connectivity index (χ1) is 6.11. The van der Waals surface area contributed by atoms with Gasteiger partial charge in [0.15, 0.2) is 0 Å². The highest BCUT2D eigenvalue weighted by atomic mass is 19.3. The summed E-state index contributed by atoms with van der Waals surface area (Å²) in [6.07, 6.45) is 0. The Kier molecular flexibility index (Phi) is 3.23. The van der Waals surface area contributed by atoms with Crippen molar-refractivity contribution in [1.29, 1.82) is 0 Å². The maximum absolute atomic E-state index is 11.9. The summed E-state index contributed by atoms with van der Waals surface area (Å²) in [5.41, 5.74) is 0.683. The van der Waals surface area contributed by atoms with Crippen LogP contribution < -0.4 is 4.74 Å². The molecule has 13 heavy (non-hydrogen) atoms. The minimum Gasteiger partial charge on any atom is -0.435 e. The molecule has 0 saturated carbocycles. The van der Waals surface area contributed by atoms with Gasteiger partial charge in [0.1, 0.15) is 5.75 Å². The summed E-state index contributed by atoms with van der Waals surface area (Å²) in [5.74, 6) is 0.349. The number of hydrogen-bond acceptors (Lipinski definition) is 1. The average Bonchev–Trinajstić information content (AvgIpc) is 2.03. The second-order valence-corrected chi connectivity index (χ2v) is 2.98. The van der Waals surface area contributed by atoms with E-state index in [4.69, 9.17) is 0 Å². The van der Waals surface area contributed by atoms with E-state index in [2.05, 4.69) is 10.8 Å². The van der Waals surface area contributed by atoms with Gasteiger partial charge in [0, 0.05) is 5.56 Å². The van der Waals surface area contributed by atoms with E-state index in [1.807, 2.05) is 13.8 Å². The zero-order valence-corrected chi connectivity index (χ0v) is 7.55. The molecule has 1 nitrogen and oxygen atoms in total. The Labute approximate surface area is 76.3 Å². The van der Waals surface area contributed by atoms with E-state index in [1.165, 1.54) is 6.07 Å². The molecular formula is C10H11F2O. The summed E-state index contributed by atoms with van der Waals surface area (Å²) < 4.78 is 28.2. The van der Waals surface area contributed by atoms with Gasteiger partial charge in [0.2, 0.25) is 0 Å². The largest absolute Gasteiger partial charge is 0.435 e. The maximum Gasteiger partial charge on any atom is 0.387 e. The molecule has 0 aliphatic rings. The fraction of sp³-hybridized carbons (Fsp3) is 0.400. The van der Waals surface area contributed by atoms with Gasteiger partial charge in [-0.2, -0.15) is 8.78 Å². The summed E-state index contributed by atoms with van der Waals surface area (Å²) in [4.78, 5) is 0. The van der Waals surface area contributed by atoms with Crippen molar-refractivity contribution in [3.05, 3.63) is 29.8 Å². The predicted molar refractivity (Wildman–Crippen MR) is 46.0 cm³/mol. The molecule has 0 N–H and O–H groups in total. The topological polar surface area (TPSA) is 9.23 Å². The number of alkyl halides is 2. The van der Waals surface area contributed by atoms with Gasteiger partial charge in [0.05, 0.1) is 0 Å². The van der Waals surface area contributed by atoms with E-state index >= 15 is 0 Å². The molecule has 0 bridgehead atoms. The Morgan fingerprint density at radius 3 is 2.62 bits per heavy atom. The van der Waals surface area contributed by atoms with Crippen molar-refractivity contribution in [2.45, 2.75) is 26.4 Å². The van der Waals surface area contributed by atoms with E-state index in [9.17, 15) is 8.78 Å². The van der Waals surface area contributed by atoms with Crippen LogP contribution in [0.25, 0.3) is 0 Å². The average molecular weight is 185 g/mol. The Morgan fingerprint density at radius 1 is 1.38 bits per heavy atom. The van der Waals surface area contributed by atoms with Gasteiger partial charge < -0.3 is 4.74 Å². The second kappa shape index (κ2) is 4.21. The van der Waals surface area contributed by atoms with Crippen molar-refractivity contribution in [2.75, 3.05) is 0 Å². The number of halogens is 2. The minimum atomic E-state index is -2.77. The van der Waals surface area contributed by atoms with E-state index in [1.54, 1.807) is 12.1 Å². The van der Waals surface area contributed by atoms with Gasteiger partial charge >= 0.3 is 6.61 Å². The summed E-state index contributed by atoms with van der Waals surface area (Å²) in [5, 5.41) is 0. The smallest absolute Gasteiger partial charge is 0.387 e. The lowest BCUT2D eigenvalue weighted by molar-refractivity contribution is -0.0505. The molecule has 71 valence electrons. The van der Waals surface area contributed by atoms with Crippen LogP contribution in [0.4, 0.5) is 8.78 Å². The first kappa shape index (κ1) is 9.96. The van der Waals surface area contributed by atoms with Crippen LogP contribution in [-0.2, 0) is 0 Å². The van der Waals surface area contributed by atoms with E-state index in [0.717, 1.165) is 0 Å². The molecule has 0 heterocycles. The Bertz CT molecular complexity index is 271. The second-order valence-electron chi connectivity index (χ2n) is 2.98. The molecule has 1 rings (SSSR count). The maximum atomic E-state index is 11.9. The molecule has 0 saturated heterocycles. The van der Waals surface area contributed by atoms with Crippen molar-refractivity contribution in [2.24, 2.45) is 0 Å². The highest BCUT2D eigenvalue weighted by Crippen LogP contribution is 2.26. The standard InChI is InChI=1S/C10H11F2O/c1-7(2)8-5-3-4-6-9(8)13-10(11)12/h3-4,6-7,10H,1-2H3. The van der Waals surface area contributed by atoms with Crippen molar-refractivity contribution in [1.82, 2.24) is 0 Å². The quantitative estimate of drug-likeness (QED) is 0.702. The molecule has 0 aromatic heterocycles. The highest BCUT2D eigenvalue weighted by molar-refractivity contribution is 5.34.